The lowest BCUT2D eigenvalue weighted by Crippen LogP contribution is -2.42. The molecule has 154 valence electrons. The monoisotopic (exact) mass is 388 g/mol. The van der Waals surface area contributed by atoms with E-state index in [1.807, 2.05) is 0 Å². The van der Waals surface area contributed by atoms with Gasteiger partial charge in [-0.25, -0.2) is 0 Å². The summed E-state index contributed by atoms with van der Waals surface area (Å²) in [4.78, 5) is 2.51. The fraction of sp³-hybridized carbons (Fsp3) is 0.700. The molecule has 1 unspecified atom stereocenters. The van der Waals surface area contributed by atoms with Gasteiger partial charge >= 0.3 is 6.18 Å². The summed E-state index contributed by atoms with van der Waals surface area (Å²) in [6.07, 6.45) is -1.91. The summed E-state index contributed by atoms with van der Waals surface area (Å²) in [6, 6.07) is 5.66. The van der Waals surface area contributed by atoms with Crippen LogP contribution in [0.15, 0.2) is 18.2 Å². The van der Waals surface area contributed by atoms with Gasteiger partial charge in [0.25, 0.3) is 0 Å². The highest BCUT2D eigenvalue weighted by Gasteiger charge is 2.29. The van der Waals surface area contributed by atoms with Gasteiger partial charge in [-0.3, -0.25) is 0 Å². The SMILES string of the molecule is CCOc1cc(CNCC2CCCN(C(C)C)C2)ccc1OCC(F)(F)F. The predicted molar refractivity (Wildman–Crippen MR) is 100 cm³/mol. The van der Waals surface area contributed by atoms with Crippen LogP contribution in [-0.4, -0.2) is 50.0 Å². The van der Waals surface area contributed by atoms with Crippen molar-refractivity contribution in [2.45, 2.75) is 52.4 Å². The number of ether oxygens (including phenoxy) is 2. The minimum absolute atomic E-state index is 0.123. The third-order valence-corrected chi connectivity index (χ3v) is 4.74. The van der Waals surface area contributed by atoms with Crippen LogP contribution < -0.4 is 14.8 Å². The van der Waals surface area contributed by atoms with Crippen molar-refractivity contribution in [1.82, 2.24) is 10.2 Å². The number of alkyl halides is 3. The number of halogens is 3. The first-order chi connectivity index (χ1) is 12.8. The molecule has 0 saturated carbocycles. The van der Waals surface area contributed by atoms with Crippen molar-refractivity contribution < 1.29 is 22.6 Å². The minimum Gasteiger partial charge on any atom is -0.490 e. The molecule has 1 atom stereocenters. The topological polar surface area (TPSA) is 33.7 Å². The molecule has 0 amide bonds. The number of benzene rings is 1. The Labute approximate surface area is 160 Å². The molecule has 1 fully saturated rings. The number of rotatable bonds is 9. The van der Waals surface area contributed by atoms with Crippen LogP contribution in [0.3, 0.4) is 0 Å². The first kappa shape index (κ1) is 21.8. The van der Waals surface area contributed by atoms with Crippen molar-refractivity contribution in [2.24, 2.45) is 5.92 Å². The highest BCUT2D eigenvalue weighted by Crippen LogP contribution is 2.30. The number of hydrogen-bond donors (Lipinski definition) is 1. The first-order valence-electron chi connectivity index (χ1n) is 9.68. The largest absolute Gasteiger partial charge is 0.490 e. The quantitative estimate of drug-likeness (QED) is 0.686. The van der Waals surface area contributed by atoms with Gasteiger partial charge in [-0.1, -0.05) is 6.07 Å². The third-order valence-electron chi connectivity index (χ3n) is 4.74. The summed E-state index contributed by atoms with van der Waals surface area (Å²) in [6.45, 7) is 9.16. The smallest absolute Gasteiger partial charge is 0.422 e. The summed E-state index contributed by atoms with van der Waals surface area (Å²) in [5.74, 6) is 1.10. The number of piperidine rings is 1. The highest BCUT2D eigenvalue weighted by molar-refractivity contribution is 5.43. The summed E-state index contributed by atoms with van der Waals surface area (Å²) >= 11 is 0. The Morgan fingerprint density at radius 3 is 2.67 bits per heavy atom. The third kappa shape index (κ3) is 7.58. The van der Waals surface area contributed by atoms with Gasteiger partial charge in [-0.15, -0.1) is 0 Å². The number of nitrogens with zero attached hydrogens (tertiary/aromatic N) is 1. The Morgan fingerprint density at radius 1 is 1.22 bits per heavy atom. The molecule has 1 aromatic rings. The second-order valence-electron chi connectivity index (χ2n) is 7.35. The van der Waals surface area contributed by atoms with Gasteiger partial charge in [0.2, 0.25) is 0 Å². The molecule has 1 aliphatic rings. The van der Waals surface area contributed by atoms with Gasteiger partial charge < -0.3 is 19.7 Å². The highest BCUT2D eigenvalue weighted by atomic mass is 19.4. The van der Waals surface area contributed by atoms with Crippen LogP contribution in [-0.2, 0) is 6.54 Å². The molecular weight excluding hydrogens is 357 g/mol. The second kappa shape index (κ2) is 10.2. The molecule has 1 aromatic carbocycles. The van der Waals surface area contributed by atoms with Gasteiger partial charge in [-0.05, 0) is 70.3 Å². The van der Waals surface area contributed by atoms with Crippen molar-refractivity contribution >= 4 is 0 Å². The van der Waals surface area contributed by atoms with Crippen molar-refractivity contribution in [3.63, 3.8) is 0 Å². The van der Waals surface area contributed by atoms with Crippen molar-refractivity contribution in [2.75, 3.05) is 32.8 Å². The zero-order chi connectivity index (χ0) is 19.9. The van der Waals surface area contributed by atoms with Crippen LogP contribution in [0.1, 0.15) is 39.2 Å². The molecule has 4 nitrogen and oxygen atoms in total. The van der Waals surface area contributed by atoms with Crippen LogP contribution in [0.5, 0.6) is 11.5 Å². The summed E-state index contributed by atoms with van der Waals surface area (Å²) in [5.41, 5.74) is 0.967. The maximum atomic E-state index is 12.4. The minimum atomic E-state index is -4.37. The van der Waals surface area contributed by atoms with E-state index >= 15 is 0 Å². The van der Waals surface area contributed by atoms with Crippen LogP contribution in [0.2, 0.25) is 0 Å². The Balaban J connectivity index is 1.87. The standard InChI is InChI=1S/C20H31F3N2O2/c1-4-26-19-10-16(7-8-18(19)27-14-20(21,22)23)11-24-12-17-6-5-9-25(13-17)15(2)3/h7-8,10,15,17,24H,4-6,9,11-14H2,1-3H3. The molecule has 7 heteroatoms. The van der Waals surface area contributed by atoms with Crippen LogP contribution in [0.4, 0.5) is 13.2 Å². The first-order valence-corrected chi connectivity index (χ1v) is 9.68. The van der Waals surface area contributed by atoms with Gasteiger partial charge in [0.1, 0.15) is 0 Å². The van der Waals surface area contributed by atoms with Crippen LogP contribution >= 0.6 is 0 Å². The van der Waals surface area contributed by atoms with Gasteiger partial charge in [-0.2, -0.15) is 13.2 Å². The molecule has 1 aliphatic heterocycles. The lowest BCUT2D eigenvalue weighted by atomic mass is 9.97. The Kier molecular flexibility index (Phi) is 8.23. The average molecular weight is 388 g/mol. The van der Waals surface area contributed by atoms with E-state index in [0.717, 1.165) is 18.7 Å². The molecule has 0 aromatic heterocycles. The fourth-order valence-electron chi connectivity index (χ4n) is 3.36. The maximum Gasteiger partial charge on any atom is 0.422 e. The molecule has 0 aliphatic carbocycles. The van der Waals surface area contributed by atoms with E-state index in [0.29, 0.717) is 30.9 Å². The normalized spacial score (nSPS) is 18.7. The Hall–Kier alpha value is -1.47. The van der Waals surface area contributed by atoms with Crippen molar-refractivity contribution in [3.8, 4) is 11.5 Å². The van der Waals surface area contributed by atoms with E-state index in [1.165, 1.54) is 19.4 Å². The average Bonchev–Trinajstić information content (AvgIpc) is 2.61. The van der Waals surface area contributed by atoms with Crippen LogP contribution in [0, 0.1) is 5.92 Å². The molecule has 1 heterocycles. The van der Waals surface area contributed by atoms with E-state index < -0.39 is 12.8 Å². The molecule has 0 bridgehead atoms. The lowest BCUT2D eigenvalue weighted by molar-refractivity contribution is -0.153. The molecule has 1 N–H and O–H groups in total. The summed E-state index contributed by atoms with van der Waals surface area (Å²) in [7, 11) is 0. The zero-order valence-corrected chi connectivity index (χ0v) is 16.4. The number of hydrogen-bond acceptors (Lipinski definition) is 4. The Bertz CT molecular complexity index is 579. The fourth-order valence-corrected chi connectivity index (χ4v) is 3.36. The lowest BCUT2D eigenvalue weighted by Gasteiger charge is -2.35. The molecular formula is C20H31F3N2O2. The molecule has 0 spiro atoms. The maximum absolute atomic E-state index is 12.4. The van der Waals surface area contributed by atoms with Crippen LogP contribution in [0.25, 0.3) is 0 Å². The van der Waals surface area contributed by atoms with E-state index in [2.05, 4.69) is 24.1 Å². The van der Waals surface area contributed by atoms with E-state index in [-0.39, 0.29) is 5.75 Å². The summed E-state index contributed by atoms with van der Waals surface area (Å²) < 4.78 is 47.5. The molecule has 1 saturated heterocycles. The van der Waals surface area contributed by atoms with Crippen molar-refractivity contribution in [3.05, 3.63) is 23.8 Å². The molecule has 0 radical (unpaired) electrons. The van der Waals surface area contributed by atoms with E-state index in [4.69, 9.17) is 9.47 Å². The van der Waals surface area contributed by atoms with Gasteiger partial charge in [0.15, 0.2) is 18.1 Å². The van der Waals surface area contributed by atoms with E-state index in [9.17, 15) is 13.2 Å². The van der Waals surface area contributed by atoms with Gasteiger partial charge in [0.05, 0.1) is 6.61 Å². The number of likely N-dealkylation sites (tertiary alicyclic amines) is 1. The predicted octanol–water partition coefficient (Wildman–Crippen LogP) is 4.24. The Morgan fingerprint density at radius 2 is 2.00 bits per heavy atom. The van der Waals surface area contributed by atoms with E-state index in [1.54, 1.807) is 25.1 Å². The zero-order valence-electron chi connectivity index (χ0n) is 16.4. The number of nitrogens with one attached hydrogen (secondary N) is 1. The second-order valence-corrected chi connectivity index (χ2v) is 7.35. The van der Waals surface area contributed by atoms with Crippen molar-refractivity contribution in [1.29, 1.82) is 0 Å². The summed E-state index contributed by atoms with van der Waals surface area (Å²) in [5, 5.41) is 3.47. The molecule has 2 rings (SSSR count). The molecule has 27 heavy (non-hydrogen) atoms. The van der Waals surface area contributed by atoms with Gasteiger partial charge in [0, 0.05) is 19.1 Å².